The predicted molar refractivity (Wildman–Crippen MR) is 87.5 cm³/mol. The second-order valence-electron chi connectivity index (χ2n) is 5.58. The van der Waals surface area contributed by atoms with E-state index in [1.807, 2.05) is 38.1 Å². The van der Waals surface area contributed by atoms with E-state index >= 15 is 0 Å². The number of nitrogens with zero attached hydrogens (tertiary/aromatic N) is 3. The van der Waals surface area contributed by atoms with Crippen molar-refractivity contribution in [2.75, 3.05) is 27.7 Å². The summed E-state index contributed by atoms with van der Waals surface area (Å²) in [5, 5.41) is 9.03. The first-order valence-corrected chi connectivity index (χ1v) is 7.73. The molecular weight excluding hydrogens is 286 g/mol. The third-order valence-electron chi connectivity index (χ3n) is 3.17. The van der Waals surface area contributed by atoms with Gasteiger partial charge in [-0.3, -0.25) is 9.79 Å². The van der Waals surface area contributed by atoms with Crippen molar-refractivity contribution in [3.05, 3.63) is 16.1 Å². The standard InChI is InChI=1S/C14H25N5OS/c1-10-18-11(8-21-10)7-19(6)13(16-5)17-9-14(2,3)12(20)15-4/h8H,7,9H2,1-6H3,(H,15,20)(H,16,17). The summed E-state index contributed by atoms with van der Waals surface area (Å²) >= 11 is 1.64. The number of aryl methyl sites for hydroxylation is 1. The second kappa shape index (κ2) is 7.40. The molecule has 0 aliphatic carbocycles. The minimum absolute atomic E-state index is 0.00299. The zero-order chi connectivity index (χ0) is 16.0. The van der Waals surface area contributed by atoms with Crippen LogP contribution in [0.3, 0.4) is 0 Å². The van der Waals surface area contributed by atoms with E-state index in [9.17, 15) is 4.79 Å². The third kappa shape index (κ3) is 5.00. The van der Waals surface area contributed by atoms with Gasteiger partial charge < -0.3 is 15.5 Å². The SMILES string of the molecule is CN=C(NCC(C)(C)C(=O)NC)N(C)Cc1csc(C)n1. The number of carbonyl (C=O) groups is 1. The average Bonchev–Trinajstić information content (AvgIpc) is 2.83. The normalized spacial score (nSPS) is 12.2. The summed E-state index contributed by atoms with van der Waals surface area (Å²) in [5.74, 6) is 0.751. The number of nitrogens with one attached hydrogen (secondary N) is 2. The van der Waals surface area contributed by atoms with Crippen LogP contribution < -0.4 is 10.6 Å². The van der Waals surface area contributed by atoms with Gasteiger partial charge in [-0.1, -0.05) is 0 Å². The highest BCUT2D eigenvalue weighted by molar-refractivity contribution is 7.09. The third-order valence-corrected chi connectivity index (χ3v) is 3.99. The molecule has 118 valence electrons. The summed E-state index contributed by atoms with van der Waals surface area (Å²) < 4.78 is 0. The first-order chi connectivity index (χ1) is 9.80. The Bertz CT molecular complexity index is 509. The number of amides is 1. The van der Waals surface area contributed by atoms with Gasteiger partial charge in [0.05, 0.1) is 22.7 Å². The minimum atomic E-state index is -0.497. The van der Waals surface area contributed by atoms with E-state index in [4.69, 9.17) is 0 Å². The Morgan fingerprint density at radius 3 is 2.67 bits per heavy atom. The molecule has 2 N–H and O–H groups in total. The molecule has 0 atom stereocenters. The molecule has 0 unspecified atom stereocenters. The van der Waals surface area contributed by atoms with Gasteiger partial charge in [-0.05, 0) is 20.8 Å². The van der Waals surface area contributed by atoms with Crippen LogP contribution in [0.2, 0.25) is 0 Å². The molecule has 1 aromatic heterocycles. The molecule has 1 heterocycles. The van der Waals surface area contributed by atoms with Gasteiger partial charge in [0.25, 0.3) is 0 Å². The fourth-order valence-corrected chi connectivity index (χ4v) is 2.51. The number of rotatable bonds is 5. The number of thiazole rings is 1. The molecule has 0 aliphatic rings. The quantitative estimate of drug-likeness (QED) is 0.634. The minimum Gasteiger partial charge on any atom is -0.359 e. The van der Waals surface area contributed by atoms with Crippen LogP contribution in [0.1, 0.15) is 24.5 Å². The van der Waals surface area contributed by atoms with Crippen molar-refractivity contribution in [2.45, 2.75) is 27.3 Å². The molecular formula is C14H25N5OS. The number of hydrogen-bond acceptors (Lipinski definition) is 4. The van der Waals surface area contributed by atoms with Crippen molar-refractivity contribution < 1.29 is 4.79 Å². The van der Waals surface area contributed by atoms with Gasteiger partial charge in [-0.15, -0.1) is 11.3 Å². The first kappa shape index (κ1) is 17.4. The van der Waals surface area contributed by atoms with Gasteiger partial charge in [-0.25, -0.2) is 4.98 Å². The molecule has 1 amide bonds. The molecule has 7 heteroatoms. The van der Waals surface area contributed by atoms with Crippen LogP contribution in [0.5, 0.6) is 0 Å². The molecule has 0 saturated heterocycles. The van der Waals surface area contributed by atoms with Crippen molar-refractivity contribution in [1.29, 1.82) is 0 Å². The highest BCUT2D eigenvalue weighted by Crippen LogP contribution is 2.14. The Kier molecular flexibility index (Phi) is 6.14. The number of guanidine groups is 1. The number of aromatic nitrogens is 1. The Morgan fingerprint density at radius 1 is 1.52 bits per heavy atom. The van der Waals surface area contributed by atoms with Gasteiger partial charge >= 0.3 is 0 Å². The van der Waals surface area contributed by atoms with Crippen LogP contribution in [-0.2, 0) is 11.3 Å². The van der Waals surface area contributed by atoms with Gasteiger partial charge in [-0.2, -0.15) is 0 Å². The Morgan fingerprint density at radius 2 is 2.19 bits per heavy atom. The maximum absolute atomic E-state index is 11.8. The van der Waals surface area contributed by atoms with Crippen molar-refractivity contribution in [3.8, 4) is 0 Å². The van der Waals surface area contributed by atoms with E-state index in [0.29, 0.717) is 13.1 Å². The van der Waals surface area contributed by atoms with Crippen LogP contribution >= 0.6 is 11.3 Å². The lowest BCUT2D eigenvalue weighted by atomic mass is 9.92. The molecule has 0 radical (unpaired) electrons. The summed E-state index contributed by atoms with van der Waals surface area (Å²) in [5.41, 5.74) is 0.524. The molecule has 0 saturated carbocycles. The van der Waals surface area contributed by atoms with E-state index in [-0.39, 0.29) is 5.91 Å². The first-order valence-electron chi connectivity index (χ1n) is 6.85. The smallest absolute Gasteiger partial charge is 0.227 e. The van der Waals surface area contributed by atoms with Crippen LogP contribution in [0.15, 0.2) is 10.4 Å². The average molecular weight is 311 g/mol. The lowest BCUT2D eigenvalue weighted by molar-refractivity contribution is -0.128. The second-order valence-corrected chi connectivity index (χ2v) is 6.64. The zero-order valence-corrected chi connectivity index (χ0v) is 14.5. The Balaban J connectivity index is 2.61. The fraction of sp³-hybridized carbons (Fsp3) is 0.643. The summed E-state index contributed by atoms with van der Waals surface area (Å²) in [7, 11) is 5.34. The van der Waals surface area contributed by atoms with E-state index in [2.05, 4.69) is 20.6 Å². The summed E-state index contributed by atoms with van der Waals surface area (Å²) in [4.78, 5) is 22.5. The molecule has 0 spiro atoms. The van der Waals surface area contributed by atoms with Crippen LogP contribution in [0.25, 0.3) is 0 Å². The van der Waals surface area contributed by atoms with Gasteiger partial charge in [0.2, 0.25) is 5.91 Å². The summed E-state index contributed by atoms with van der Waals surface area (Å²) in [6.45, 7) is 6.99. The van der Waals surface area contributed by atoms with Crippen molar-refractivity contribution in [3.63, 3.8) is 0 Å². The van der Waals surface area contributed by atoms with Gasteiger partial charge in [0, 0.05) is 33.1 Å². The maximum atomic E-state index is 11.8. The zero-order valence-electron chi connectivity index (χ0n) is 13.6. The molecule has 0 aromatic carbocycles. The highest BCUT2D eigenvalue weighted by atomic mass is 32.1. The highest BCUT2D eigenvalue weighted by Gasteiger charge is 2.27. The van der Waals surface area contributed by atoms with E-state index < -0.39 is 5.41 Å². The lowest BCUT2D eigenvalue weighted by Crippen LogP contribution is -2.47. The number of aliphatic imine (C=N–C) groups is 1. The monoisotopic (exact) mass is 311 g/mol. The largest absolute Gasteiger partial charge is 0.359 e. The van der Waals surface area contributed by atoms with Crippen LogP contribution in [-0.4, -0.2) is 49.4 Å². The molecule has 1 rings (SSSR count). The van der Waals surface area contributed by atoms with Crippen molar-refractivity contribution in [2.24, 2.45) is 10.4 Å². The summed E-state index contributed by atoms with van der Waals surface area (Å²) in [6, 6.07) is 0. The van der Waals surface area contributed by atoms with E-state index in [1.165, 1.54) is 0 Å². The van der Waals surface area contributed by atoms with Crippen molar-refractivity contribution >= 4 is 23.2 Å². The maximum Gasteiger partial charge on any atom is 0.227 e. The van der Waals surface area contributed by atoms with Gasteiger partial charge in [0.15, 0.2) is 5.96 Å². The van der Waals surface area contributed by atoms with E-state index in [0.717, 1.165) is 16.7 Å². The Hall–Kier alpha value is -1.63. The topological polar surface area (TPSA) is 69.6 Å². The lowest BCUT2D eigenvalue weighted by Gasteiger charge is -2.27. The molecule has 0 bridgehead atoms. The number of hydrogen-bond donors (Lipinski definition) is 2. The predicted octanol–water partition coefficient (Wildman–Crippen LogP) is 1.23. The van der Waals surface area contributed by atoms with Crippen molar-refractivity contribution in [1.82, 2.24) is 20.5 Å². The molecule has 1 aromatic rings. The Labute approximate surface area is 130 Å². The van der Waals surface area contributed by atoms with E-state index in [1.54, 1.807) is 25.4 Å². The van der Waals surface area contributed by atoms with Crippen LogP contribution in [0, 0.1) is 12.3 Å². The van der Waals surface area contributed by atoms with Crippen LogP contribution in [0.4, 0.5) is 0 Å². The molecule has 0 aliphatic heterocycles. The molecule has 21 heavy (non-hydrogen) atoms. The molecule has 0 fully saturated rings. The van der Waals surface area contributed by atoms with Gasteiger partial charge in [0.1, 0.15) is 0 Å². The fourth-order valence-electron chi connectivity index (χ4n) is 1.90. The number of carbonyl (C=O) groups excluding carboxylic acids is 1. The summed E-state index contributed by atoms with van der Waals surface area (Å²) in [6.07, 6.45) is 0. The molecule has 6 nitrogen and oxygen atoms in total.